The van der Waals surface area contributed by atoms with Crippen LogP contribution < -0.4 is 0 Å². The van der Waals surface area contributed by atoms with Gasteiger partial charge in [0.2, 0.25) is 0 Å². The zero-order valence-corrected chi connectivity index (χ0v) is 51.3. The van der Waals surface area contributed by atoms with Crippen molar-refractivity contribution in [3.8, 4) is 0 Å². The summed E-state index contributed by atoms with van der Waals surface area (Å²) in [7, 11) is 0. The Kier molecular flexibility index (Phi) is 63.1. The van der Waals surface area contributed by atoms with Crippen molar-refractivity contribution in [1.82, 2.24) is 0 Å². The van der Waals surface area contributed by atoms with E-state index in [2.05, 4.69) is 57.2 Å². The monoisotopic (exact) mass is 1070 g/mol. The van der Waals surface area contributed by atoms with Crippen molar-refractivity contribution in [3.63, 3.8) is 0 Å². The van der Waals surface area contributed by atoms with E-state index >= 15 is 0 Å². The van der Waals surface area contributed by atoms with Gasteiger partial charge in [0.1, 0.15) is 13.2 Å². The molecular weight excluding hydrogens is 937 g/mol. The molecule has 0 bridgehead atoms. The molecule has 0 aromatic carbocycles. The SMILES string of the molecule is CC/C=C\C/C=C\C/C=C\CCCCCCCCCC(=O)OCC(COC(=O)CCCCCCCCCCCCCCCCCCCCCCCCC)OC(=O)CCCCCCCCCCCCCCCCCCCC. The first-order chi connectivity index (χ1) is 37.5. The Bertz CT molecular complexity index is 1270. The first kappa shape index (κ1) is 73.6. The Hall–Kier alpha value is -2.37. The zero-order valence-electron chi connectivity index (χ0n) is 51.3. The van der Waals surface area contributed by atoms with Crippen LogP contribution in [-0.4, -0.2) is 37.2 Å². The van der Waals surface area contributed by atoms with Gasteiger partial charge in [-0.25, -0.2) is 0 Å². The van der Waals surface area contributed by atoms with Gasteiger partial charge in [-0.2, -0.15) is 0 Å². The predicted octanol–water partition coefficient (Wildman–Crippen LogP) is 23.2. The third-order valence-electron chi connectivity index (χ3n) is 15.4. The van der Waals surface area contributed by atoms with Crippen molar-refractivity contribution >= 4 is 17.9 Å². The molecule has 6 nitrogen and oxygen atoms in total. The lowest BCUT2D eigenvalue weighted by Crippen LogP contribution is -2.30. The van der Waals surface area contributed by atoms with Crippen molar-refractivity contribution < 1.29 is 28.6 Å². The fourth-order valence-corrected chi connectivity index (χ4v) is 10.3. The Balaban J connectivity index is 4.29. The Morgan fingerprint density at radius 1 is 0.276 bits per heavy atom. The molecule has 0 aliphatic rings. The zero-order chi connectivity index (χ0) is 55.0. The third kappa shape index (κ3) is 62.5. The van der Waals surface area contributed by atoms with Crippen molar-refractivity contribution in [2.24, 2.45) is 0 Å². The average Bonchev–Trinajstić information content (AvgIpc) is 3.42. The highest BCUT2D eigenvalue weighted by atomic mass is 16.6. The number of allylic oxidation sites excluding steroid dienone is 6. The maximum atomic E-state index is 12.9. The Morgan fingerprint density at radius 3 is 0.803 bits per heavy atom. The van der Waals surface area contributed by atoms with E-state index in [-0.39, 0.29) is 31.1 Å². The largest absolute Gasteiger partial charge is 0.462 e. The summed E-state index contributed by atoms with van der Waals surface area (Å²) in [5.41, 5.74) is 0. The van der Waals surface area contributed by atoms with Crippen LogP contribution in [0.15, 0.2) is 36.5 Å². The first-order valence-corrected chi connectivity index (χ1v) is 34.0. The lowest BCUT2D eigenvalue weighted by atomic mass is 10.0. The Labute approximate surface area is 474 Å². The molecule has 0 aromatic heterocycles. The van der Waals surface area contributed by atoms with Gasteiger partial charge < -0.3 is 14.2 Å². The number of hydrogen-bond acceptors (Lipinski definition) is 6. The normalized spacial score (nSPS) is 12.2. The lowest BCUT2D eigenvalue weighted by molar-refractivity contribution is -0.167. The van der Waals surface area contributed by atoms with Crippen LogP contribution >= 0.6 is 0 Å². The topological polar surface area (TPSA) is 78.9 Å². The second-order valence-corrected chi connectivity index (χ2v) is 23.1. The summed E-state index contributed by atoms with van der Waals surface area (Å²) in [5, 5.41) is 0. The van der Waals surface area contributed by atoms with Crippen LogP contribution in [-0.2, 0) is 28.6 Å². The van der Waals surface area contributed by atoms with Crippen LogP contribution in [0, 0.1) is 0 Å². The highest BCUT2D eigenvalue weighted by Crippen LogP contribution is 2.19. The van der Waals surface area contributed by atoms with Crippen LogP contribution in [0.4, 0.5) is 0 Å². The summed E-state index contributed by atoms with van der Waals surface area (Å²) in [5.74, 6) is -0.850. The maximum Gasteiger partial charge on any atom is 0.306 e. The van der Waals surface area contributed by atoms with Gasteiger partial charge in [0.05, 0.1) is 0 Å². The fourth-order valence-electron chi connectivity index (χ4n) is 10.3. The summed E-state index contributed by atoms with van der Waals surface area (Å²) in [6, 6.07) is 0. The van der Waals surface area contributed by atoms with E-state index in [4.69, 9.17) is 14.2 Å². The van der Waals surface area contributed by atoms with Crippen LogP contribution in [0.5, 0.6) is 0 Å². The number of unbranched alkanes of at least 4 members (excludes halogenated alkanes) is 46. The molecule has 0 spiro atoms. The number of carbonyl (C=O) groups is 3. The molecule has 1 atom stereocenters. The van der Waals surface area contributed by atoms with Crippen molar-refractivity contribution in [2.75, 3.05) is 13.2 Å². The fraction of sp³-hybridized carbons (Fsp3) is 0.871. The van der Waals surface area contributed by atoms with Gasteiger partial charge in [-0.05, 0) is 51.4 Å². The molecule has 0 rings (SSSR count). The summed E-state index contributed by atoms with van der Waals surface area (Å²) in [6.45, 7) is 6.60. The van der Waals surface area contributed by atoms with Crippen LogP contribution in [0.25, 0.3) is 0 Å². The summed E-state index contributed by atoms with van der Waals surface area (Å²) >= 11 is 0. The second-order valence-electron chi connectivity index (χ2n) is 23.1. The smallest absolute Gasteiger partial charge is 0.306 e. The molecule has 0 N–H and O–H groups in total. The van der Waals surface area contributed by atoms with Gasteiger partial charge in [-0.15, -0.1) is 0 Å². The van der Waals surface area contributed by atoms with E-state index in [1.165, 1.54) is 250 Å². The van der Waals surface area contributed by atoms with E-state index in [9.17, 15) is 14.4 Å². The van der Waals surface area contributed by atoms with Gasteiger partial charge in [-0.3, -0.25) is 14.4 Å². The van der Waals surface area contributed by atoms with Crippen molar-refractivity contribution in [2.45, 2.75) is 380 Å². The number of rotatable bonds is 63. The molecule has 0 fully saturated rings. The van der Waals surface area contributed by atoms with E-state index < -0.39 is 6.10 Å². The standard InChI is InChI=1S/C70H130O6/c1-4-7-10-13-16-19-22-25-28-31-33-34-35-36-37-40-42-45-48-51-54-57-60-63-69(72)75-66-67(65-74-68(71)62-59-56-53-50-47-44-41-38-30-27-24-21-18-15-12-9-6-3)76-70(73)64-61-58-55-52-49-46-43-39-32-29-26-23-20-17-14-11-8-5-2/h9,12,18,21,27,30,67H,4-8,10-11,13-17,19-20,22-26,28-29,31-66H2,1-3H3/b12-9-,21-18-,30-27-. The van der Waals surface area contributed by atoms with Crippen LogP contribution in [0.2, 0.25) is 0 Å². The molecule has 0 heterocycles. The molecule has 76 heavy (non-hydrogen) atoms. The predicted molar refractivity (Wildman–Crippen MR) is 330 cm³/mol. The van der Waals surface area contributed by atoms with E-state index in [1.807, 2.05) is 0 Å². The van der Waals surface area contributed by atoms with Crippen molar-refractivity contribution in [1.29, 1.82) is 0 Å². The molecule has 0 aliphatic heterocycles. The number of hydrogen-bond donors (Lipinski definition) is 0. The molecule has 0 aromatic rings. The number of esters is 3. The van der Waals surface area contributed by atoms with Gasteiger partial charge in [0.15, 0.2) is 6.10 Å². The minimum atomic E-state index is -0.774. The molecule has 446 valence electrons. The molecule has 0 radical (unpaired) electrons. The van der Waals surface area contributed by atoms with Gasteiger partial charge in [0.25, 0.3) is 0 Å². The number of ether oxygens (including phenoxy) is 3. The minimum Gasteiger partial charge on any atom is -0.462 e. The molecule has 0 saturated carbocycles. The highest BCUT2D eigenvalue weighted by Gasteiger charge is 2.19. The first-order valence-electron chi connectivity index (χ1n) is 34.0. The summed E-state index contributed by atoms with van der Waals surface area (Å²) in [6.07, 6.45) is 80.2. The van der Waals surface area contributed by atoms with Gasteiger partial charge in [-0.1, -0.05) is 340 Å². The minimum absolute atomic E-state index is 0.0693. The molecule has 0 aliphatic carbocycles. The maximum absolute atomic E-state index is 12.9. The molecule has 0 saturated heterocycles. The third-order valence-corrected chi connectivity index (χ3v) is 15.4. The van der Waals surface area contributed by atoms with E-state index in [0.717, 1.165) is 83.5 Å². The summed E-state index contributed by atoms with van der Waals surface area (Å²) < 4.78 is 17.0. The highest BCUT2D eigenvalue weighted by molar-refractivity contribution is 5.71. The quantitative estimate of drug-likeness (QED) is 0.0261. The average molecular weight is 1070 g/mol. The second kappa shape index (κ2) is 65.2. The molecule has 1 unspecified atom stereocenters. The van der Waals surface area contributed by atoms with Crippen molar-refractivity contribution in [3.05, 3.63) is 36.5 Å². The van der Waals surface area contributed by atoms with E-state index in [1.54, 1.807) is 0 Å². The molecular formula is C70H130O6. The van der Waals surface area contributed by atoms with Crippen LogP contribution in [0.1, 0.15) is 374 Å². The van der Waals surface area contributed by atoms with E-state index in [0.29, 0.717) is 19.3 Å². The Morgan fingerprint density at radius 2 is 0.513 bits per heavy atom. The molecule has 0 amide bonds. The van der Waals surface area contributed by atoms with Crippen LogP contribution in [0.3, 0.4) is 0 Å². The molecule has 6 heteroatoms. The summed E-state index contributed by atoms with van der Waals surface area (Å²) in [4.78, 5) is 38.4. The van der Waals surface area contributed by atoms with Gasteiger partial charge in [0, 0.05) is 19.3 Å². The lowest BCUT2D eigenvalue weighted by Gasteiger charge is -2.18. The number of carbonyl (C=O) groups excluding carboxylic acids is 3. The van der Waals surface area contributed by atoms with Gasteiger partial charge >= 0.3 is 17.9 Å².